The normalized spacial score (nSPS) is 12.2. The first-order valence-corrected chi connectivity index (χ1v) is 11.9. The van der Waals surface area contributed by atoms with Gasteiger partial charge in [0.2, 0.25) is 15.9 Å². The third-order valence-corrected chi connectivity index (χ3v) is 7.03. The fourth-order valence-electron chi connectivity index (χ4n) is 3.10. The summed E-state index contributed by atoms with van der Waals surface area (Å²) in [6.07, 6.45) is 0.123. The van der Waals surface area contributed by atoms with Gasteiger partial charge < -0.3 is 10.1 Å². The molecule has 0 aliphatic rings. The van der Waals surface area contributed by atoms with Crippen molar-refractivity contribution in [1.82, 2.24) is 4.72 Å². The minimum Gasteiger partial charge on any atom is -0.495 e. The van der Waals surface area contributed by atoms with E-state index in [0.717, 1.165) is 11.1 Å². The van der Waals surface area contributed by atoms with Gasteiger partial charge in [0.1, 0.15) is 16.7 Å². The van der Waals surface area contributed by atoms with Crippen molar-refractivity contribution in [3.63, 3.8) is 0 Å². The molecule has 1 atom stereocenters. The molecule has 0 fully saturated rings. The fourth-order valence-corrected chi connectivity index (χ4v) is 4.90. The molecule has 0 spiro atoms. The highest BCUT2D eigenvalue weighted by Gasteiger charge is 2.29. The number of anilines is 1. The first-order chi connectivity index (χ1) is 15.2. The fraction of sp³-hybridized carbons (Fsp3) is 0.174. The average Bonchev–Trinajstić information content (AvgIpc) is 2.77. The smallest absolute Gasteiger partial charge is 0.245 e. The molecule has 0 aliphatic carbocycles. The van der Waals surface area contributed by atoms with Crippen LogP contribution in [0.3, 0.4) is 0 Å². The van der Waals surface area contributed by atoms with Gasteiger partial charge in [-0.3, -0.25) is 4.79 Å². The monoisotopic (exact) mass is 492 g/mol. The molecule has 6 nitrogen and oxygen atoms in total. The number of benzene rings is 3. The summed E-state index contributed by atoms with van der Waals surface area (Å²) in [6, 6.07) is 17.6. The lowest BCUT2D eigenvalue weighted by molar-refractivity contribution is -0.117. The average molecular weight is 493 g/mol. The third-order valence-electron chi connectivity index (χ3n) is 4.71. The summed E-state index contributed by atoms with van der Waals surface area (Å²) in [6.45, 7) is 1.77. The Morgan fingerprint density at radius 3 is 2.44 bits per heavy atom. The Hall–Kier alpha value is -2.58. The van der Waals surface area contributed by atoms with E-state index in [9.17, 15) is 13.2 Å². The zero-order valence-electron chi connectivity index (χ0n) is 17.4. The van der Waals surface area contributed by atoms with E-state index in [1.165, 1.54) is 13.2 Å². The number of halogens is 2. The largest absolute Gasteiger partial charge is 0.495 e. The Bertz CT molecular complexity index is 1220. The molecule has 3 rings (SSSR count). The van der Waals surface area contributed by atoms with Gasteiger partial charge in [-0.2, -0.15) is 4.72 Å². The summed E-state index contributed by atoms with van der Waals surface area (Å²) in [5, 5.41) is 3.11. The molecule has 2 N–H and O–H groups in total. The second-order valence-corrected chi connectivity index (χ2v) is 9.58. The maximum absolute atomic E-state index is 13.2. The molecule has 0 saturated carbocycles. The molecule has 0 bridgehead atoms. The number of sulfonamides is 1. The Labute approximate surface area is 197 Å². The molecule has 0 aliphatic heterocycles. The number of carbonyl (C=O) groups excluding carboxylic acids is 1. The number of hydrogen-bond acceptors (Lipinski definition) is 4. The Kier molecular flexibility index (Phi) is 7.79. The zero-order chi connectivity index (χ0) is 23.3. The predicted octanol–water partition coefficient (Wildman–Crippen LogP) is 4.84. The van der Waals surface area contributed by atoms with Crippen molar-refractivity contribution in [3.05, 3.63) is 87.9 Å². The molecule has 0 radical (unpaired) electrons. The number of amides is 1. The van der Waals surface area contributed by atoms with Crippen LogP contribution in [0.1, 0.15) is 11.1 Å². The topological polar surface area (TPSA) is 84.5 Å². The molecule has 1 unspecified atom stereocenters. The SMILES string of the molecule is COc1ccc(C)cc1S(=O)(=O)NC(Cc1ccccc1)C(=O)Nc1cccc(Cl)c1Cl. The van der Waals surface area contributed by atoms with Crippen LogP contribution in [0.25, 0.3) is 0 Å². The van der Waals surface area contributed by atoms with Gasteiger partial charge in [-0.15, -0.1) is 0 Å². The first-order valence-electron chi connectivity index (χ1n) is 9.67. The molecule has 168 valence electrons. The van der Waals surface area contributed by atoms with E-state index in [1.54, 1.807) is 37.3 Å². The van der Waals surface area contributed by atoms with E-state index in [4.69, 9.17) is 27.9 Å². The summed E-state index contributed by atoms with van der Waals surface area (Å²) in [5.41, 5.74) is 1.80. The standard InChI is InChI=1S/C23H22Cl2N2O4S/c1-15-11-12-20(31-2)21(13-15)32(29,30)27-19(14-16-7-4-3-5-8-16)23(28)26-18-10-6-9-17(24)22(18)25/h3-13,19,27H,14H2,1-2H3,(H,26,28). The second kappa shape index (κ2) is 10.4. The van der Waals surface area contributed by atoms with Crippen LogP contribution in [0.4, 0.5) is 5.69 Å². The number of methoxy groups -OCH3 is 1. The lowest BCUT2D eigenvalue weighted by Crippen LogP contribution is -2.45. The minimum absolute atomic E-state index is 0.0494. The third kappa shape index (κ3) is 5.81. The molecule has 3 aromatic rings. The second-order valence-electron chi connectivity index (χ2n) is 7.11. The van der Waals surface area contributed by atoms with Gasteiger partial charge in [-0.1, -0.05) is 65.7 Å². The van der Waals surface area contributed by atoms with Crippen molar-refractivity contribution >= 4 is 44.8 Å². The van der Waals surface area contributed by atoms with Crippen LogP contribution < -0.4 is 14.8 Å². The zero-order valence-corrected chi connectivity index (χ0v) is 19.8. The van der Waals surface area contributed by atoms with Crippen molar-refractivity contribution in [2.24, 2.45) is 0 Å². The van der Waals surface area contributed by atoms with Crippen molar-refractivity contribution in [3.8, 4) is 5.75 Å². The lowest BCUT2D eigenvalue weighted by Gasteiger charge is -2.20. The number of aryl methyl sites for hydroxylation is 1. The minimum atomic E-state index is -4.10. The summed E-state index contributed by atoms with van der Waals surface area (Å²) in [4.78, 5) is 13.1. The Morgan fingerprint density at radius 1 is 1.03 bits per heavy atom. The molecule has 9 heteroatoms. The number of ether oxygens (including phenoxy) is 1. The molecule has 32 heavy (non-hydrogen) atoms. The quantitative estimate of drug-likeness (QED) is 0.471. The van der Waals surface area contributed by atoms with Gasteiger partial charge in [-0.05, 0) is 48.7 Å². The van der Waals surface area contributed by atoms with E-state index >= 15 is 0 Å². The number of nitrogens with one attached hydrogen (secondary N) is 2. The van der Waals surface area contributed by atoms with Gasteiger partial charge in [0.25, 0.3) is 0 Å². The predicted molar refractivity (Wildman–Crippen MR) is 127 cm³/mol. The molecule has 0 heterocycles. The van der Waals surface area contributed by atoms with E-state index in [0.29, 0.717) is 0 Å². The lowest BCUT2D eigenvalue weighted by atomic mass is 10.1. The van der Waals surface area contributed by atoms with E-state index in [2.05, 4.69) is 10.0 Å². The number of carbonyl (C=O) groups is 1. The van der Waals surface area contributed by atoms with Crippen LogP contribution in [0.5, 0.6) is 5.75 Å². The maximum Gasteiger partial charge on any atom is 0.245 e. The van der Waals surface area contributed by atoms with Crippen molar-refractivity contribution in [1.29, 1.82) is 0 Å². The van der Waals surface area contributed by atoms with Crippen LogP contribution in [-0.2, 0) is 21.2 Å². The van der Waals surface area contributed by atoms with Crippen LogP contribution in [0, 0.1) is 6.92 Å². The molecular weight excluding hydrogens is 471 g/mol. The van der Waals surface area contributed by atoms with Crippen LogP contribution in [0.2, 0.25) is 10.0 Å². The summed E-state index contributed by atoms with van der Waals surface area (Å²) in [7, 11) is -2.71. The first kappa shape index (κ1) is 24.1. The molecule has 1 amide bonds. The van der Waals surface area contributed by atoms with Gasteiger partial charge >= 0.3 is 0 Å². The maximum atomic E-state index is 13.2. The van der Waals surface area contributed by atoms with Crippen molar-refractivity contribution < 1.29 is 17.9 Å². The van der Waals surface area contributed by atoms with E-state index in [-0.39, 0.29) is 32.8 Å². The van der Waals surface area contributed by atoms with Gasteiger partial charge in [-0.25, -0.2) is 8.42 Å². The Morgan fingerprint density at radius 2 is 1.75 bits per heavy atom. The van der Waals surface area contributed by atoms with Gasteiger partial charge in [0.05, 0.1) is 22.8 Å². The summed E-state index contributed by atoms with van der Waals surface area (Å²) < 4.78 is 34.2. The van der Waals surface area contributed by atoms with E-state index < -0.39 is 22.0 Å². The van der Waals surface area contributed by atoms with Crippen LogP contribution in [0.15, 0.2) is 71.6 Å². The highest BCUT2D eigenvalue weighted by Crippen LogP contribution is 2.30. The van der Waals surface area contributed by atoms with Crippen molar-refractivity contribution in [2.75, 3.05) is 12.4 Å². The van der Waals surface area contributed by atoms with Gasteiger partial charge in [0, 0.05) is 0 Å². The van der Waals surface area contributed by atoms with E-state index in [1.807, 2.05) is 30.3 Å². The molecule has 0 aromatic heterocycles. The molecular formula is C23H22Cl2N2O4S. The van der Waals surface area contributed by atoms with Crippen LogP contribution >= 0.6 is 23.2 Å². The highest BCUT2D eigenvalue weighted by atomic mass is 35.5. The summed E-state index contributed by atoms with van der Waals surface area (Å²) in [5.74, 6) is -0.395. The Balaban J connectivity index is 1.95. The number of rotatable bonds is 8. The number of hydrogen-bond donors (Lipinski definition) is 2. The molecule has 0 saturated heterocycles. The highest BCUT2D eigenvalue weighted by molar-refractivity contribution is 7.89. The molecule has 3 aromatic carbocycles. The van der Waals surface area contributed by atoms with Crippen molar-refractivity contribution in [2.45, 2.75) is 24.3 Å². The summed E-state index contributed by atoms with van der Waals surface area (Å²) >= 11 is 12.2. The van der Waals surface area contributed by atoms with Crippen LogP contribution in [-0.4, -0.2) is 27.5 Å². The van der Waals surface area contributed by atoms with Gasteiger partial charge in [0.15, 0.2) is 0 Å².